The topological polar surface area (TPSA) is 38.3 Å². The molecular weight excluding hydrogens is 270 g/mol. The molecule has 0 aromatic heterocycles. The van der Waals surface area contributed by atoms with Gasteiger partial charge >= 0.3 is 0 Å². The van der Waals surface area contributed by atoms with Gasteiger partial charge in [0.25, 0.3) is 0 Å². The van der Waals surface area contributed by atoms with Crippen molar-refractivity contribution in [3.63, 3.8) is 0 Å². The maximum atomic E-state index is 11.9. The monoisotopic (exact) mass is 295 g/mol. The van der Waals surface area contributed by atoms with Crippen molar-refractivity contribution in [1.82, 2.24) is 5.32 Å². The molecule has 1 rings (SSSR count). The van der Waals surface area contributed by atoms with Crippen LogP contribution in [0, 0.1) is 0 Å². The summed E-state index contributed by atoms with van der Waals surface area (Å²) in [5.74, 6) is 1.43. The number of hydrogen-bond acceptors (Lipinski definition) is 3. The molecule has 1 unspecified atom stereocenters. The lowest BCUT2D eigenvalue weighted by Gasteiger charge is -2.19. The van der Waals surface area contributed by atoms with Gasteiger partial charge in [-0.2, -0.15) is 0 Å². The van der Waals surface area contributed by atoms with Gasteiger partial charge in [0.15, 0.2) is 0 Å². The Morgan fingerprint density at radius 2 is 1.90 bits per heavy atom. The first kappa shape index (κ1) is 16.9. The molecule has 0 aliphatic rings. The molecule has 0 saturated heterocycles. The van der Waals surface area contributed by atoms with Crippen LogP contribution in [-0.4, -0.2) is 23.0 Å². The molecule has 0 bridgehead atoms. The van der Waals surface area contributed by atoms with Crippen molar-refractivity contribution in [2.75, 3.05) is 12.4 Å². The van der Waals surface area contributed by atoms with Crippen molar-refractivity contribution in [3.05, 3.63) is 29.8 Å². The normalized spacial score (nSPS) is 12.8. The van der Waals surface area contributed by atoms with Crippen LogP contribution in [-0.2, 0) is 4.79 Å². The van der Waals surface area contributed by atoms with Crippen LogP contribution in [0.4, 0.5) is 0 Å². The Morgan fingerprint density at radius 3 is 2.40 bits per heavy atom. The highest BCUT2D eigenvalue weighted by molar-refractivity contribution is 8.01. The van der Waals surface area contributed by atoms with E-state index < -0.39 is 0 Å². The third-order valence-corrected chi connectivity index (χ3v) is 3.98. The molecule has 4 heteroatoms. The van der Waals surface area contributed by atoms with Crippen LogP contribution >= 0.6 is 11.8 Å². The summed E-state index contributed by atoms with van der Waals surface area (Å²) in [5.41, 5.74) is 1.09. The molecule has 20 heavy (non-hydrogen) atoms. The molecular formula is C16H25NO2S. The van der Waals surface area contributed by atoms with E-state index in [2.05, 4.69) is 26.1 Å². The van der Waals surface area contributed by atoms with Gasteiger partial charge in [0, 0.05) is 4.75 Å². The lowest BCUT2D eigenvalue weighted by molar-refractivity contribution is -0.119. The van der Waals surface area contributed by atoms with Crippen LogP contribution < -0.4 is 10.1 Å². The zero-order valence-electron chi connectivity index (χ0n) is 13.0. The Hall–Kier alpha value is -1.16. The first-order valence-corrected chi connectivity index (χ1v) is 7.96. The number of carbonyl (C=O) groups excluding carboxylic acids is 1. The Kier molecular flexibility index (Phi) is 6.40. The van der Waals surface area contributed by atoms with Gasteiger partial charge < -0.3 is 10.1 Å². The number of rotatable bonds is 6. The number of carbonyl (C=O) groups is 1. The Labute approximate surface area is 126 Å². The number of amides is 1. The summed E-state index contributed by atoms with van der Waals surface area (Å²) in [4.78, 5) is 11.9. The van der Waals surface area contributed by atoms with Crippen molar-refractivity contribution in [3.8, 4) is 5.75 Å². The van der Waals surface area contributed by atoms with Gasteiger partial charge in [-0.05, 0) is 31.5 Å². The van der Waals surface area contributed by atoms with Crippen molar-refractivity contribution >= 4 is 17.7 Å². The van der Waals surface area contributed by atoms with Crippen molar-refractivity contribution < 1.29 is 9.53 Å². The fraction of sp³-hybridized carbons (Fsp3) is 0.562. The molecule has 0 aliphatic carbocycles. The van der Waals surface area contributed by atoms with Gasteiger partial charge in [-0.15, -0.1) is 11.8 Å². The molecule has 1 amide bonds. The molecule has 1 aromatic rings. The van der Waals surface area contributed by atoms with Gasteiger partial charge in [0.05, 0.1) is 18.4 Å². The molecule has 1 atom stereocenters. The van der Waals surface area contributed by atoms with E-state index in [-0.39, 0.29) is 16.7 Å². The summed E-state index contributed by atoms with van der Waals surface area (Å²) in [5, 5.41) is 3.02. The molecule has 0 saturated carbocycles. The average molecular weight is 295 g/mol. The largest absolute Gasteiger partial charge is 0.494 e. The molecule has 3 nitrogen and oxygen atoms in total. The van der Waals surface area contributed by atoms with Gasteiger partial charge in [-0.1, -0.05) is 32.9 Å². The van der Waals surface area contributed by atoms with E-state index in [9.17, 15) is 4.79 Å². The molecule has 1 N–H and O–H groups in total. The molecule has 112 valence electrons. The van der Waals surface area contributed by atoms with Crippen LogP contribution in [0.25, 0.3) is 0 Å². The quantitative estimate of drug-likeness (QED) is 0.867. The van der Waals surface area contributed by atoms with Gasteiger partial charge in [0.1, 0.15) is 5.75 Å². The molecule has 0 aliphatic heterocycles. The van der Waals surface area contributed by atoms with Gasteiger partial charge in [-0.3, -0.25) is 4.79 Å². The van der Waals surface area contributed by atoms with Crippen LogP contribution in [0.1, 0.15) is 46.2 Å². The van der Waals surface area contributed by atoms with E-state index in [0.717, 1.165) is 11.3 Å². The number of hydrogen-bond donors (Lipinski definition) is 1. The minimum absolute atomic E-state index is 0.0127. The average Bonchev–Trinajstić information content (AvgIpc) is 2.37. The fourth-order valence-corrected chi connectivity index (χ4v) is 2.32. The number of nitrogens with one attached hydrogen (secondary N) is 1. The Morgan fingerprint density at radius 1 is 1.30 bits per heavy atom. The minimum Gasteiger partial charge on any atom is -0.494 e. The van der Waals surface area contributed by atoms with E-state index in [1.54, 1.807) is 11.8 Å². The second-order valence-corrected chi connectivity index (χ2v) is 7.49. The van der Waals surface area contributed by atoms with Crippen molar-refractivity contribution in [2.24, 2.45) is 0 Å². The highest BCUT2D eigenvalue weighted by Crippen LogP contribution is 2.23. The maximum Gasteiger partial charge on any atom is 0.230 e. The summed E-state index contributed by atoms with van der Waals surface area (Å²) in [6.07, 6.45) is 0. The lowest BCUT2D eigenvalue weighted by atomic mass is 10.1. The highest BCUT2D eigenvalue weighted by Gasteiger charge is 2.15. The minimum atomic E-state index is 0.0127. The Bertz CT molecular complexity index is 423. The van der Waals surface area contributed by atoms with Crippen LogP contribution in [0.2, 0.25) is 0 Å². The van der Waals surface area contributed by atoms with E-state index in [1.165, 1.54) is 0 Å². The molecule has 0 radical (unpaired) electrons. The first-order chi connectivity index (χ1) is 9.31. The third-order valence-electron chi connectivity index (χ3n) is 2.70. The summed E-state index contributed by atoms with van der Waals surface area (Å²) >= 11 is 1.66. The van der Waals surface area contributed by atoms with E-state index in [4.69, 9.17) is 4.74 Å². The van der Waals surface area contributed by atoms with E-state index in [1.807, 2.05) is 38.1 Å². The number of thioether (sulfide) groups is 1. The van der Waals surface area contributed by atoms with Gasteiger partial charge in [-0.25, -0.2) is 0 Å². The molecule has 0 heterocycles. The zero-order chi connectivity index (χ0) is 15.2. The molecule has 0 fully saturated rings. The predicted octanol–water partition coefficient (Wildman–Crippen LogP) is 3.79. The van der Waals surface area contributed by atoms with Gasteiger partial charge in [0.2, 0.25) is 5.91 Å². The van der Waals surface area contributed by atoms with Crippen LogP contribution in [0.5, 0.6) is 5.75 Å². The van der Waals surface area contributed by atoms with Crippen LogP contribution in [0.3, 0.4) is 0 Å². The van der Waals surface area contributed by atoms with E-state index >= 15 is 0 Å². The Balaban J connectivity index is 2.49. The smallest absolute Gasteiger partial charge is 0.230 e. The van der Waals surface area contributed by atoms with Crippen LogP contribution in [0.15, 0.2) is 24.3 Å². The zero-order valence-corrected chi connectivity index (χ0v) is 13.8. The second-order valence-electron chi connectivity index (χ2n) is 5.69. The summed E-state index contributed by atoms with van der Waals surface area (Å²) in [7, 11) is 0. The standard InChI is InChI=1S/C16H25NO2S/c1-6-19-14-9-7-13(8-10-14)12(2)17-15(18)11-20-16(3,4)5/h7-10,12H,6,11H2,1-5H3,(H,17,18). The summed E-state index contributed by atoms with van der Waals surface area (Å²) < 4.78 is 5.52. The summed E-state index contributed by atoms with van der Waals surface area (Å²) in [6.45, 7) is 11.0. The first-order valence-electron chi connectivity index (χ1n) is 6.98. The number of benzene rings is 1. The predicted molar refractivity (Wildman–Crippen MR) is 86.4 cm³/mol. The SMILES string of the molecule is CCOc1ccc(C(C)NC(=O)CSC(C)(C)C)cc1. The lowest BCUT2D eigenvalue weighted by Crippen LogP contribution is -2.29. The fourth-order valence-electron chi connectivity index (χ4n) is 1.67. The number of ether oxygens (including phenoxy) is 1. The highest BCUT2D eigenvalue weighted by atomic mass is 32.2. The summed E-state index contributed by atoms with van der Waals surface area (Å²) in [6, 6.07) is 7.87. The third kappa shape index (κ3) is 6.33. The molecule has 0 spiro atoms. The maximum absolute atomic E-state index is 11.9. The van der Waals surface area contributed by atoms with Crippen molar-refractivity contribution in [2.45, 2.75) is 45.4 Å². The molecule has 1 aromatic carbocycles. The van der Waals surface area contributed by atoms with E-state index in [0.29, 0.717) is 12.4 Å². The second kappa shape index (κ2) is 7.58. The van der Waals surface area contributed by atoms with Crippen molar-refractivity contribution in [1.29, 1.82) is 0 Å².